The molecule has 6 rings (SSSR count). The van der Waals surface area contributed by atoms with E-state index in [4.69, 9.17) is 14.2 Å². The van der Waals surface area contributed by atoms with Crippen LogP contribution < -0.4 is 9.47 Å². The predicted octanol–water partition coefficient (Wildman–Crippen LogP) is 4.03. The number of halogens is 3. The lowest BCUT2D eigenvalue weighted by atomic mass is 9.73. The smallest absolute Gasteiger partial charge is 0.416 e. The molecule has 0 spiro atoms. The zero-order valence-electron chi connectivity index (χ0n) is 18.5. The molecule has 182 valence electrons. The fourth-order valence-electron chi connectivity index (χ4n) is 5.63. The van der Waals surface area contributed by atoms with Crippen molar-refractivity contribution in [1.29, 1.82) is 0 Å². The molecule has 2 unspecified atom stereocenters. The molecule has 1 aliphatic carbocycles. The van der Waals surface area contributed by atoms with Gasteiger partial charge in [-0.2, -0.15) is 13.2 Å². The molecule has 0 saturated carbocycles. The number of carbonyl (C=O) groups is 1. The molecule has 1 N–H and O–H groups in total. The summed E-state index contributed by atoms with van der Waals surface area (Å²) in [5.41, 5.74) is 2.53. The van der Waals surface area contributed by atoms with Crippen LogP contribution in [0.15, 0.2) is 54.1 Å². The van der Waals surface area contributed by atoms with Gasteiger partial charge in [-0.1, -0.05) is 23.8 Å². The molecular weight excluding hydrogens is 463 g/mol. The highest BCUT2D eigenvalue weighted by Gasteiger charge is 2.50. The normalized spacial score (nSPS) is 26.9. The third-order valence-electron chi connectivity index (χ3n) is 7.12. The minimum absolute atomic E-state index is 0.00322. The SMILES string of the molecule is O=C(/C=C/c1cccc(C(F)(F)F)c1)O[C@H]1C2c3cc4c(cc3CN3CCC(=C[C@@H]1O)C23)OCO4. The largest absolute Gasteiger partial charge is 0.455 e. The molecule has 0 bridgehead atoms. The van der Waals surface area contributed by atoms with Crippen molar-refractivity contribution in [2.24, 2.45) is 0 Å². The number of fused-ring (bicyclic) bond motifs is 3. The van der Waals surface area contributed by atoms with Gasteiger partial charge in [-0.15, -0.1) is 0 Å². The molecule has 0 aromatic heterocycles. The number of esters is 1. The third kappa shape index (κ3) is 3.88. The molecule has 1 saturated heterocycles. The monoisotopic (exact) mass is 485 g/mol. The Bertz CT molecular complexity index is 1250. The molecule has 0 radical (unpaired) electrons. The van der Waals surface area contributed by atoms with Crippen LogP contribution in [0.5, 0.6) is 11.5 Å². The van der Waals surface area contributed by atoms with Gasteiger partial charge in [0.25, 0.3) is 0 Å². The van der Waals surface area contributed by atoms with Crippen molar-refractivity contribution in [3.8, 4) is 11.5 Å². The highest BCUT2D eigenvalue weighted by Crippen LogP contribution is 2.50. The summed E-state index contributed by atoms with van der Waals surface area (Å²) in [7, 11) is 0. The number of hydrogen-bond acceptors (Lipinski definition) is 6. The van der Waals surface area contributed by atoms with Crippen LogP contribution in [0.1, 0.15) is 34.6 Å². The Kier molecular flexibility index (Phi) is 5.16. The number of aliphatic hydroxyl groups is 1. The van der Waals surface area contributed by atoms with Crippen LogP contribution in [0.2, 0.25) is 0 Å². The number of alkyl halides is 3. The Morgan fingerprint density at radius 1 is 1.17 bits per heavy atom. The first kappa shape index (κ1) is 22.2. The fourth-order valence-corrected chi connectivity index (χ4v) is 5.63. The van der Waals surface area contributed by atoms with Gasteiger partial charge in [-0.25, -0.2) is 4.79 Å². The highest BCUT2D eigenvalue weighted by molar-refractivity contribution is 5.87. The van der Waals surface area contributed by atoms with Gasteiger partial charge in [-0.3, -0.25) is 4.90 Å². The zero-order chi connectivity index (χ0) is 24.3. The Morgan fingerprint density at radius 2 is 1.97 bits per heavy atom. The number of hydrogen-bond donors (Lipinski definition) is 1. The van der Waals surface area contributed by atoms with Crippen LogP contribution in [-0.2, 0) is 22.3 Å². The van der Waals surface area contributed by atoms with Crippen molar-refractivity contribution in [2.75, 3.05) is 13.3 Å². The van der Waals surface area contributed by atoms with Gasteiger partial charge >= 0.3 is 12.1 Å². The van der Waals surface area contributed by atoms with E-state index in [1.165, 1.54) is 18.2 Å². The molecule has 2 aromatic carbocycles. The van der Waals surface area contributed by atoms with Crippen LogP contribution in [0.3, 0.4) is 0 Å². The average Bonchev–Trinajstić information content (AvgIpc) is 3.44. The summed E-state index contributed by atoms with van der Waals surface area (Å²) in [5, 5.41) is 10.9. The number of benzene rings is 2. The van der Waals surface area contributed by atoms with Crippen LogP contribution in [0.25, 0.3) is 6.08 Å². The maximum atomic E-state index is 13.0. The second-order valence-electron chi connectivity index (χ2n) is 9.19. The highest BCUT2D eigenvalue weighted by atomic mass is 19.4. The number of ether oxygens (including phenoxy) is 3. The molecule has 4 atom stereocenters. The van der Waals surface area contributed by atoms with Crippen molar-refractivity contribution in [1.82, 2.24) is 4.90 Å². The summed E-state index contributed by atoms with van der Waals surface area (Å²) >= 11 is 0. The first-order valence-corrected chi connectivity index (χ1v) is 11.4. The van der Waals surface area contributed by atoms with Crippen LogP contribution in [-0.4, -0.2) is 47.6 Å². The van der Waals surface area contributed by atoms with Crippen LogP contribution in [0.4, 0.5) is 13.2 Å². The second kappa shape index (κ2) is 8.13. The van der Waals surface area contributed by atoms with Gasteiger partial charge in [-0.05, 0) is 53.5 Å². The molecule has 6 nitrogen and oxygen atoms in total. The van der Waals surface area contributed by atoms with Crippen molar-refractivity contribution < 1.29 is 37.3 Å². The van der Waals surface area contributed by atoms with E-state index in [0.717, 1.165) is 54.4 Å². The summed E-state index contributed by atoms with van der Waals surface area (Å²) in [6, 6.07) is 8.54. The average molecular weight is 485 g/mol. The van der Waals surface area contributed by atoms with Gasteiger partial charge in [0.1, 0.15) is 12.2 Å². The Hall–Kier alpha value is -3.30. The topological polar surface area (TPSA) is 68.2 Å². The van der Waals surface area contributed by atoms with E-state index in [0.29, 0.717) is 11.5 Å². The summed E-state index contributed by atoms with van der Waals surface area (Å²) in [5.74, 6) is 0.249. The summed E-state index contributed by atoms with van der Waals surface area (Å²) in [4.78, 5) is 15.1. The lowest BCUT2D eigenvalue weighted by Crippen LogP contribution is -2.51. The molecule has 4 aliphatic rings. The molecular formula is C26H22F3NO5. The lowest BCUT2D eigenvalue weighted by molar-refractivity contribution is -0.151. The Labute approximate surface area is 199 Å². The van der Waals surface area contributed by atoms with Crippen molar-refractivity contribution in [2.45, 2.75) is 43.3 Å². The van der Waals surface area contributed by atoms with E-state index in [2.05, 4.69) is 4.90 Å². The maximum Gasteiger partial charge on any atom is 0.416 e. The molecule has 3 aliphatic heterocycles. The zero-order valence-corrected chi connectivity index (χ0v) is 18.5. The second-order valence-corrected chi connectivity index (χ2v) is 9.19. The molecule has 9 heteroatoms. The quantitative estimate of drug-likeness (QED) is 0.402. The predicted molar refractivity (Wildman–Crippen MR) is 119 cm³/mol. The molecule has 0 amide bonds. The van der Waals surface area contributed by atoms with E-state index < -0.39 is 29.9 Å². The number of aliphatic hydroxyl groups excluding tert-OH is 1. The summed E-state index contributed by atoms with van der Waals surface area (Å²) in [6.45, 7) is 1.70. The number of nitrogens with zero attached hydrogens (tertiary/aromatic N) is 1. The maximum absolute atomic E-state index is 13.0. The van der Waals surface area contributed by atoms with E-state index >= 15 is 0 Å². The van der Waals surface area contributed by atoms with Gasteiger partial charge in [0.15, 0.2) is 11.5 Å². The third-order valence-corrected chi connectivity index (χ3v) is 7.12. The Balaban J connectivity index is 1.29. The molecule has 2 aromatic rings. The number of carbonyl (C=O) groups excluding carboxylic acids is 1. The standard InChI is InChI=1S/C26H22F3NO5/c27-26(28,29)17-3-1-2-14(8-17)4-5-22(32)35-25-19(31)9-15-6-7-30-12-16-10-20-21(34-13-33-20)11-18(16)23(25)24(15)30/h1-5,8-11,19,23-25,31H,6-7,12-13H2/b5-4+/t19-,23?,24?,25+/m0/s1. The minimum atomic E-state index is -4.48. The van der Waals surface area contributed by atoms with E-state index in [9.17, 15) is 23.1 Å². The van der Waals surface area contributed by atoms with Gasteiger partial charge in [0.05, 0.1) is 5.56 Å². The van der Waals surface area contributed by atoms with Gasteiger partial charge in [0.2, 0.25) is 6.79 Å². The van der Waals surface area contributed by atoms with E-state index in [1.807, 2.05) is 12.1 Å². The van der Waals surface area contributed by atoms with Gasteiger partial charge in [0, 0.05) is 31.1 Å². The minimum Gasteiger partial charge on any atom is -0.455 e. The number of rotatable bonds is 3. The summed E-state index contributed by atoms with van der Waals surface area (Å²) < 4.78 is 55.8. The molecule has 35 heavy (non-hydrogen) atoms. The molecule has 3 heterocycles. The molecule has 1 fully saturated rings. The van der Waals surface area contributed by atoms with Gasteiger partial charge < -0.3 is 19.3 Å². The first-order valence-electron chi connectivity index (χ1n) is 11.4. The van der Waals surface area contributed by atoms with Crippen LogP contribution in [0, 0.1) is 0 Å². The van der Waals surface area contributed by atoms with Crippen LogP contribution >= 0.6 is 0 Å². The van der Waals surface area contributed by atoms with E-state index in [1.54, 1.807) is 6.08 Å². The van der Waals surface area contributed by atoms with Crippen molar-refractivity contribution in [3.05, 3.63) is 76.4 Å². The van der Waals surface area contributed by atoms with Crippen molar-refractivity contribution >= 4 is 12.0 Å². The summed E-state index contributed by atoms with van der Waals surface area (Å²) in [6.07, 6.45) is -1.37. The lowest BCUT2D eigenvalue weighted by Gasteiger charge is -2.45. The Morgan fingerprint density at radius 3 is 2.77 bits per heavy atom. The van der Waals surface area contributed by atoms with E-state index in [-0.39, 0.29) is 24.3 Å². The van der Waals surface area contributed by atoms with Crippen molar-refractivity contribution in [3.63, 3.8) is 0 Å². The first-order chi connectivity index (χ1) is 16.8. The fraction of sp³-hybridized carbons (Fsp3) is 0.346.